The predicted octanol–water partition coefficient (Wildman–Crippen LogP) is 2.77. The lowest BCUT2D eigenvalue weighted by atomic mass is 10.0. The molecule has 0 bridgehead atoms. The highest BCUT2D eigenvalue weighted by Gasteiger charge is 2.15. The lowest BCUT2D eigenvalue weighted by Crippen LogP contribution is -2.16. The van der Waals surface area contributed by atoms with Crippen molar-refractivity contribution in [3.8, 4) is 0 Å². The number of carbonyl (C=O) groups excluding carboxylic acids is 1. The van der Waals surface area contributed by atoms with E-state index in [0.717, 1.165) is 4.88 Å². The maximum Gasteiger partial charge on any atom is 0.328 e. The number of nitrogens with zero attached hydrogens (tertiary/aromatic N) is 2. The Morgan fingerprint density at radius 1 is 1.42 bits per heavy atom. The summed E-state index contributed by atoms with van der Waals surface area (Å²) >= 11 is 7.36. The molecule has 3 heterocycles. The summed E-state index contributed by atoms with van der Waals surface area (Å²) in [6.45, 7) is 3.49. The molecule has 0 radical (unpaired) electrons. The van der Waals surface area contributed by atoms with Crippen LogP contribution >= 0.6 is 22.9 Å². The Morgan fingerprint density at radius 2 is 2.17 bits per heavy atom. The first-order valence-corrected chi connectivity index (χ1v) is 8.36. The highest BCUT2D eigenvalue weighted by atomic mass is 35.5. The van der Waals surface area contributed by atoms with Crippen molar-refractivity contribution in [1.82, 2.24) is 14.5 Å². The van der Waals surface area contributed by atoms with Crippen molar-refractivity contribution in [2.45, 2.75) is 20.4 Å². The Hall–Kier alpha value is -2.38. The number of pyridine rings is 1. The van der Waals surface area contributed by atoms with E-state index in [1.807, 2.05) is 6.07 Å². The number of halogens is 1. The molecule has 24 heavy (non-hydrogen) atoms. The summed E-state index contributed by atoms with van der Waals surface area (Å²) in [5, 5.41) is 0. The second-order valence-electron chi connectivity index (χ2n) is 5.43. The monoisotopic (exact) mass is 362 g/mol. The molecular formula is C16H15ClN4O2S. The highest BCUT2D eigenvalue weighted by molar-refractivity contribution is 7.16. The van der Waals surface area contributed by atoms with Crippen LogP contribution in [0.1, 0.15) is 24.3 Å². The fourth-order valence-electron chi connectivity index (χ4n) is 2.63. The third-order valence-corrected chi connectivity index (χ3v) is 4.82. The fraction of sp³-hybridized carbons (Fsp3) is 0.188. The third-order valence-electron chi connectivity index (χ3n) is 3.61. The first kappa shape index (κ1) is 16.5. The van der Waals surface area contributed by atoms with E-state index < -0.39 is 0 Å². The van der Waals surface area contributed by atoms with Gasteiger partial charge in [-0.05, 0) is 32.0 Å². The number of aromatic nitrogens is 3. The van der Waals surface area contributed by atoms with Gasteiger partial charge in [0.25, 0.3) is 0 Å². The minimum atomic E-state index is -0.267. The van der Waals surface area contributed by atoms with Crippen LogP contribution in [0.25, 0.3) is 16.7 Å². The maximum atomic E-state index is 12.2. The van der Waals surface area contributed by atoms with Crippen LogP contribution in [0, 0.1) is 0 Å². The van der Waals surface area contributed by atoms with Gasteiger partial charge in [-0.25, -0.2) is 9.78 Å². The number of thiophene rings is 1. The van der Waals surface area contributed by atoms with Gasteiger partial charge in [0.2, 0.25) is 0 Å². The zero-order chi connectivity index (χ0) is 17.4. The molecule has 0 unspecified atom stereocenters. The third kappa shape index (κ3) is 3.00. The molecule has 3 N–H and O–H groups in total. The molecule has 8 heteroatoms. The van der Waals surface area contributed by atoms with Crippen LogP contribution in [-0.4, -0.2) is 20.3 Å². The van der Waals surface area contributed by atoms with Gasteiger partial charge in [-0.15, -0.1) is 11.3 Å². The average Bonchev–Trinajstić information content (AvgIpc) is 3.03. The van der Waals surface area contributed by atoms with Gasteiger partial charge in [-0.3, -0.25) is 14.3 Å². The Labute approximate surface area is 146 Å². The summed E-state index contributed by atoms with van der Waals surface area (Å²) in [5.41, 5.74) is 8.04. The molecule has 124 valence electrons. The largest absolute Gasteiger partial charge is 0.402 e. The van der Waals surface area contributed by atoms with Gasteiger partial charge in [0.15, 0.2) is 11.4 Å². The van der Waals surface area contributed by atoms with Gasteiger partial charge in [-0.2, -0.15) is 0 Å². The molecule has 3 rings (SSSR count). The molecule has 0 saturated heterocycles. The quantitative estimate of drug-likeness (QED) is 0.698. The van der Waals surface area contributed by atoms with E-state index in [9.17, 15) is 9.59 Å². The van der Waals surface area contributed by atoms with Crippen molar-refractivity contribution in [3.05, 3.63) is 55.4 Å². The zero-order valence-electron chi connectivity index (χ0n) is 13.1. The van der Waals surface area contributed by atoms with E-state index in [0.29, 0.717) is 38.9 Å². The molecular weight excluding hydrogens is 348 g/mol. The number of ketones is 1. The zero-order valence-corrected chi connectivity index (χ0v) is 14.7. The van der Waals surface area contributed by atoms with Crippen LogP contribution < -0.4 is 11.4 Å². The first-order valence-electron chi connectivity index (χ1n) is 7.17. The van der Waals surface area contributed by atoms with Crippen LogP contribution in [-0.2, 0) is 11.3 Å². The summed E-state index contributed by atoms with van der Waals surface area (Å²) in [4.78, 5) is 32.0. The smallest absolute Gasteiger partial charge is 0.328 e. The van der Waals surface area contributed by atoms with Crippen molar-refractivity contribution in [2.75, 3.05) is 0 Å². The number of carbonyl (C=O) groups is 1. The normalized spacial score (nSPS) is 12.5. The number of nitrogens with one attached hydrogen (secondary N) is 1. The topological polar surface area (TPSA) is 93.8 Å². The van der Waals surface area contributed by atoms with Crippen LogP contribution in [0.3, 0.4) is 0 Å². The molecule has 0 atom stereocenters. The first-order chi connectivity index (χ1) is 11.4. The number of fused-ring (bicyclic) bond motifs is 1. The fourth-order valence-corrected chi connectivity index (χ4v) is 3.70. The number of rotatable bonds is 4. The Bertz CT molecular complexity index is 1020. The molecule has 0 fully saturated rings. The van der Waals surface area contributed by atoms with E-state index in [2.05, 4.69) is 9.97 Å². The molecule has 0 amide bonds. The Morgan fingerprint density at radius 3 is 2.75 bits per heavy atom. The molecule has 0 spiro atoms. The summed E-state index contributed by atoms with van der Waals surface area (Å²) < 4.78 is 2.23. The van der Waals surface area contributed by atoms with E-state index >= 15 is 0 Å². The van der Waals surface area contributed by atoms with Crippen molar-refractivity contribution in [3.63, 3.8) is 0 Å². The lowest BCUT2D eigenvalue weighted by molar-refractivity contribution is -0.111. The SMILES string of the molecule is CC(=O)C(=C(C)N)c1cnc2[nH]c(=O)n(Cc3ccc(Cl)s3)c2c1. The summed E-state index contributed by atoms with van der Waals surface area (Å²) in [7, 11) is 0. The molecule has 6 nitrogen and oxygen atoms in total. The molecule has 0 aliphatic heterocycles. The Kier molecular flexibility index (Phi) is 4.29. The summed E-state index contributed by atoms with van der Waals surface area (Å²) in [6.07, 6.45) is 1.54. The van der Waals surface area contributed by atoms with E-state index in [4.69, 9.17) is 17.3 Å². The summed E-state index contributed by atoms with van der Waals surface area (Å²) in [6, 6.07) is 5.42. The van der Waals surface area contributed by atoms with Gasteiger partial charge in [0, 0.05) is 27.9 Å². The van der Waals surface area contributed by atoms with Crippen molar-refractivity contribution >= 4 is 45.5 Å². The number of H-pyrrole nitrogens is 1. The predicted molar refractivity (Wildman–Crippen MR) is 96.2 cm³/mol. The second kappa shape index (κ2) is 6.26. The van der Waals surface area contributed by atoms with Crippen LogP contribution in [0.5, 0.6) is 0 Å². The highest BCUT2D eigenvalue weighted by Crippen LogP contribution is 2.24. The molecule has 0 aliphatic carbocycles. The molecule has 0 aliphatic rings. The van der Waals surface area contributed by atoms with Crippen LogP contribution in [0.4, 0.5) is 0 Å². The number of Topliss-reactive ketones (excluding diaryl/α,β-unsaturated/α-hetero) is 1. The van der Waals surface area contributed by atoms with E-state index in [1.54, 1.807) is 23.6 Å². The Balaban J connectivity index is 2.15. The number of hydrogen-bond donors (Lipinski definition) is 2. The number of nitrogens with two attached hydrogens (primary N) is 1. The van der Waals surface area contributed by atoms with Crippen molar-refractivity contribution in [2.24, 2.45) is 5.73 Å². The molecule has 0 aromatic carbocycles. The van der Waals surface area contributed by atoms with E-state index in [1.165, 1.54) is 24.5 Å². The number of aromatic amines is 1. The van der Waals surface area contributed by atoms with Gasteiger partial charge in [0.05, 0.1) is 16.4 Å². The second-order valence-corrected chi connectivity index (χ2v) is 7.23. The molecule has 0 saturated carbocycles. The van der Waals surface area contributed by atoms with Gasteiger partial charge in [0.1, 0.15) is 0 Å². The average molecular weight is 363 g/mol. The number of allylic oxidation sites excluding steroid dienone is 2. The maximum absolute atomic E-state index is 12.2. The lowest BCUT2D eigenvalue weighted by Gasteiger charge is -2.07. The van der Waals surface area contributed by atoms with E-state index in [-0.39, 0.29) is 11.5 Å². The standard InChI is InChI=1S/C16H15ClN4O2S/c1-8(18)14(9(2)22)10-5-12-15(19-6-10)20-16(23)21(12)7-11-3-4-13(17)24-11/h3-6H,7,18H2,1-2H3,(H,19,20,23). The van der Waals surface area contributed by atoms with Gasteiger partial charge < -0.3 is 5.73 Å². The minimum absolute atomic E-state index is 0.148. The van der Waals surface area contributed by atoms with Gasteiger partial charge in [-0.1, -0.05) is 11.6 Å². The summed E-state index contributed by atoms with van der Waals surface area (Å²) in [5.74, 6) is -0.148. The van der Waals surface area contributed by atoms with Crippen molar-refractivity contribution in [1.29, 1.82) is 0 Å². The number of hydrogen-bond acceptors (Lipinski definition) is 5. The van der Waals surface area contributed by atoms with Crippen LogP contribution in [0.2, 0.25) is 4.34 Å². The molecule has 3 aromatic heterocycles. The number of imidazole rings is 1. The minimum Gasteiger partial charge on any atom is -0.402 e. The van der Waals surface area contributed by atoms with Crippen molar-refractivity contribution < 1.29 is 4.79 Å². The molecule has 3 aromatic rings. The van der Waals surface area contributed by atoms with Crippen LogP contribution in [0.15, 0.2) is 34.9 Å². The van der Waals surface area contributed by atoms with Gasteiger partial charge >= 0.3 is 5.69 Å².